The summed E-state index contributed by atoms with van der Waals surface area (Å²) in [6.45, 7) is 4.34. The van der Waals surface area contributed by atoms with Gasteiger partial charge in [-0.2, -0.15) is 0 Å². The number of amides is 1. The minimum atomic E-state index is -0.0249. The van der Waals surface area contributed by atoms with E-state index in [4.69, 9.17) is 4.74 Å². The van der Waals surface area contributed by atoms with E-state index in [0.29, 0.717) is 5.95 Å². The lowest BCUT2D eigenvalue weighted by Crippen LogP contribution is -2.51. The summed E-state index contributed by atoms with van der Waals surface area (Å²) in [5.74, 6) is 0.585. The van der Waals surface area contributed by atoms with E-state index in [2.05, 4.69) is 42.5 Å². The highest BCUT2D eigenvalue weighted by molar-refractivity contribution is 5.95. The lowest BCUT2D eigenvalue weighted by Gasteiger charge is -2.36. The van der Waals surface area contributed by atoms with Crippen LogP contribution in [-0.2, 0) is 9.53 Å². The molecule has 2 aromatic carbocycles. The summed E-state index contributed by atoms with van der Waals surface area (Å²) in [6.07, 6.45) is 2.65. The number of likely N-dealkylation sites (tertiary alicyclic amines) is 1. The van der Waals surface area contributed by atoms with Crippen molar-refractivity contribution in [2.24, 2.45) is 0 Å². The summed E-state index contributed by atoms with van der Waals surface area (Å²) in [4.78, 5) is 25.7. The second-order valence-electron chi connectivity index (χ2n) is 8.39. The van der Waals surface area contributed by atoms with Crippen LogP contribution in [0, 0.1) is 0 Å². The van der Waals surface area contributed by atoms with E-state index in [1.54, 1.807) is 6.20 Å². The molecule has 2 fully saturated rings. The molecule has 3 heterocycles. The molecule has 0 spiro atoms. The topological polar surface area (TPSA) is 82.6 Å². The van der Waals surface area contributed by atoms with Crippen molar-refractivity contribution in [2.75, 3.05) is 55.4 Å². The van der Waals surface area contributed by atoms with Crippen LogP contribution < -0.4 is 15.5 Å². The predicted molar refractivity (Wildman–Crippen MR) is 130 cm³/mol. The Bertz CT molecular complexity index is 1100. The Labute approximate surface area is 193 Å². The molecule has 0 saturated carbocycles. The summed E-state index contributed by atoms with van der Waals surface area (Å²) in [5, 5.41) is 6.27. The van der Waals surface area contributed by atoms with E-state index >= 15 is 0 Å². The number of rotatable bonds is 6. The van der Waals surface area contributed by atoms with Crippen molar-refractivity contribution in [3.8, 4) is 11.3 Å². The molecule has 3 aromatic rings. The number of likely N-dealkylation sites (N-methyl/N-ethyl adjacent to an activating group) is 1. The average molecular weight is 445 g/mol. The Morgan fingerprint density at radius 3 is 2.36 bits per heavy atom. The zero-order valence-electron chi connectivity index (χ0n) is 18.7. The second-order valence-corrected chi connectivity index (χ2v) is 8.39. The highest BCUT2D eigenvalue weighted by Gasteiger charge is 2.30. The molecule has 0 bridgehead atoms. The molecule has 1 aromatic heterocycles. The van der Waals surface area contributed by atoms with Gasteiger partial charge in [0.2, 0.25) is 11.9 Å². The molecule has 0 unspecified atom stereocenters. The van der Waals surface area contributed by atoms with Crippen molar-refractivity contribution >= 4 is 28.9 Å². The van der Waals surface area contributed by atoms with Gasteiger partial charge in [-0.3, -0.25) is 9.69 Å². The number of morpholine rings is 1. The molecule has 2 aliphatic heterocycles. The Hall–Kier alpha value is -3.49. The van der Waals surface area contributed by atoms with Crippen molar-refractivity contribution < 1.29 is 9.53 Å². The average Bonchev–Trinajstić information content (AvgIpc) is 2.85. The van der Waals surface area contributed by atoms with E-state index in [0.717, 1.165) is 61.9 Å². The quantitative estimate of drug-likeness (QED) is 0.603. The minimum absolute atomic E-state index is 0.0249. The molecule has 2 aliphatic rings. The van der Waals surface area contributed by atoms with E-state index < -0.39 is 0 Å². The summed E-state index contributed by atoms with van der Waals surface area (Å²) in [7, 11) is 1.97. The van der Waals surface area contributed by atoms with Gasteiger partial charge in [-0.25, -0.2) is 9.97 Å². The fourth-order valence-electron chi connectivity index (χ4n) is 4.08. The number of nitrogens with zero attached hydrogens (tertiary/aromatic N) is 4. The Kier molecular flexibility index (Phi) is 6.19. The molecule has 170 valence electrons. The first-order valence-electron chi connectivity index (χ1n) is 11.3. The molecular formula is C25H28N6O2. The lowest BCUT2D eigenvalue weighted by atomic mass is 10.0. The SMILES string of the molecule is CN1CC[C@H]1C(=O)Nc1ccc(-c2ccnc(Nc3ccc(N4CCOCC4)cc3)n2)cc1. The van der Waals surface area contributed by atoms with Crippen LogP contribution in [0.15, 0.2) is 60.8 Å². The summed E-state index contributed by atoms with van der Waals surface area (Å²) in [6, 6.07) is 17.9. The summed E-state index contributed by atoms with van der Waals surface area (Å²) >= 11 is 0. The molecule has 1 atom stereocenters. The maximum absolute atomic E-state index is 12.3. The highest BCUT2D eigenvalue weighted by Crippen LogP contribution is 2.24. The summed E-state index contributed by atoms with van der Waals surface area (Å²) in [5.41, 5.74) is 4.69. The minimum Gasteiger partial charge on any atom is -0.378 e. The van der Waals surface area contributed by atoms with Crippen molar-refractivity contribution in [3.05, 3.63) is 60.8 Å². The van der Waals surface area contributed by atoms with Crippen LogP contribution in [0.4, 0.5) is 23.0 Å². The third kappa shape index (κ3) is 4.97. The zero-order chi connectivity index (χ0) is 22.6. The van der Waals surface area contributed by atoms with Crippen LogP contribution in [0.25, 0.3) is 11.3 Å². The fraction of sp³-hybridized carbons (Fsp3) is 0.320. The predicted octanol–water partition coefficient (Wildman–Crippen LogP) is 3.37. The number of carbonyl (C=O) groups is 1. The van der Waals surface area contributed by atoms with E-state index in [9.17, 15) is 4.79 Å². The van der Waals surface area contributed by atoms with Crippen molar-refractivity contribution in [1.29, 1.82) is 0 Å². The van der Waals surface area contributed by atoms with Gasteiger partial charge < -0.3 is 20.3 Å². The third-order valence-corrected chi connectivity index (χ3v) is 6.19. The van der Waals surface area contributed by atoms with Gasteiger partial charge in [0, 0.05) is 48.5 Å². The standard InChI is InChI=1S/C25H28N6O2/c1-30-13-11-23(30)24(32)27-19-4-2-18(3-5-19)22-10-12-26-25(29-22)28-20-6-8-21(9-7-20)31-14-16-33-17-15-31/h2-10,12,23H,11,13-17H2,1H3,(H,27,32)(H,26,28,29)/t23-/m0/s1. The second kappa shape index (κ2) is 9.56. The van der Waals surface area contributed by atoms with Gasteiger partial charge in [-0.15, -0.1) is 0 Å². The van der Waals surface area contributed by atoms with Crippen molar-refractivity contribution in [3.63, 3.8) is 0 Å². The van der Waals surface area contributed by atoms with Gasteiger partial charge in [0.15, 0.2) is 0 Å². The lowest BCUT2D eigenvalue weighted by molar-refractivity contribution is -0.124. The molecule has 2 saturated heterocycles. The van der Waals surface area contributed by atoms with Gasteiger partial charge in [0.1, 0.15) is 0 Å². The fourth-order valence-corrected chi connectivity index (χ4v) is 4.08. The van der Waals surface area contributed by atoms with E-state index in [-0.39, 0.29) is 11.9 Å². The van der Waals surface area contributed by atoms with Gasteiger partial charge >= 0.3 is 0 Å². The molecular weight excluding hydrogens is 416 g/mol. The molecule has 0 radical (unpaired) electrons. The number of hydrogen-bond acceptors (Lipinski definition) is 7. The first-order valence-corrected chi connectivity index (χ1v) is 11.3. The first kappa shape index (κ1) is 21.4. The van der Waals surface area contributed by atoms with Crippen LogP contribution >= 0.6 is 0 Å². The number of ether oxygens (including phenoxy) is 1. The van der Waals surface area contributed by atoms with Gasteiger partial charge in [0.05, 0.1) is 24.9 Å². The Morgan fingerprint density at radius 1 is 0.970 bits per heavy atom. The van der Waals surface area contributed by atoms with Crippen LogP contribution in [0.5, 0.6) is 0 Å². The van der Waals surface area contributed by atoms with Crippen LogP contribution in [0.2, 0.25) is 0 Å². The van der Waals surface area contributed by atoms with Crippen molar-refractivity contribution in [1.82, 2.24) is 14.9 Å². The van der Waals surface area contributed by atoms with Gasteiger partial charge in [0.25, 0.3) is 0 Å². The molecule has 8 nitrogen and oxygen atoms in total. The Balaban J connectivity index is 1.23. The monoisotopic (exact) mass is 444 g/mol. The van der Waals surface area contributed by atoms with Gasteiger partial charge in [-0.05, 0) is 55.9 Å². The van der Waals surface area contributed by atoms with Crippen molar-refractivity contribution in [2.45, 2.75) is 12.5 Å². The number of anilines is 4. The first-order chi connectivity index (χ1) is 16.2. The largest absolute Gasteiger partial charge is 0.378 e. The number of hydrogen-bond donors (Lipinski definition) is 2. The van der Waals surface area contributed by atoms with Crippen LogP contribution in [0.3, 0.4) is 0 Å². The third-order valence-electron chi connectivity index (χ3n) is 6.19. The van der Waals surface area contributed by atoms with Crippen LogP contribution in [0.1, 0.15) is 6.42 Å². The smallest absolute Gasteiger partial charge is 0.241 e. The molecule has 2 N–H and O–H groups in total. The normalized spacial score (nSPS) is 18.5. The molecule has 0 aliphatic carbocycles. The maximum atomic E-state index is 12.3. The van der Waals surface area contributed by atoms with Gasteiger partial charge in [-0.1, -0.05) is 12.1 Å². The number of aromatic nitrogens is 2. The molecule has 5 rings (SSSR count). The zero-order valence-corrected chi connectivity index (χ0v) is 18.7. The Morgan fingerprint density at radius 2 is 1.70 bits per heavy atom. The number of nitrogens with one attached hydrogen (secondary N) is 2. The maximum Gasteiger partial charge on any atom is 0.241 e. The van der Waals surface area contributed by atoms with E-state index in [1.807, 2.05) is 49.5 Å². The molecule has 8 heteroatoms. The van der Waals surface area contributed by atoms with Crippen LogP contribution in [-0.4, -0.2) is 66.7 Å². The number of benzene rings is 2. The highest BCUT2D eigenvalue weighted by atomic mass is 16.5. The summed E-state index contributed by atoms with van der Waals surface area (Å²) < 4.78 is 5.42. The number of carbonyl (C=O) groups excluding carboxylic acids is 1. The molecule has 33 heavy (non-hydrogen) atoms. The molecule has 1 amide bonds. The van der Waals surface area contributed by atoms with E-state index in [1.165, 1.54) is 5.69 Å².